The monoisotopic (exact) mass is 262 g/mol. The number of H-pyrrole nitrogens is 1. The summed E-state index contributed by atoms with van der Waals surface area (Å²) < 4.78 is 19.9. The molecular formula is C9H11FN2O4S. The van der Waals surface area contributed by atoms with E-state index in [0.29, 0.717) is 0 Å². The van der Waals surface area contributed by atoms with Gasteiger partial charge in [-0.05, 0) is 12.2 Å². The first-order valence-corrected chi connectivity index (χ1v) is 5.35. The average Bonchev–Trinajstić information content (AvgIpc) is 2.57. The summed E-state index contributed by atoms with van der Waals surface area (Å²) in [6.45, 7) is -0.536. The zero-order valence-electron chi connectivity index (χ0n) is 8.62. The molecule has 3 N–H and O–H groups in total. The fourth-order valence-electron chi connectivity index (χ4n) is 1.71. The molecule has 1 fully saturated rings. The molecule has 0 spiro atoms. The Morgan fingerprint density at radius 3 is 2.88 bits per heavy atom. The maximum Gasteiger partial charge on any atom is 0.251 e. The maximum atomic E-state index is 13.5. The highest BCUT2D eigenvalue weighted by molar-refractivity contribution is 7.71. The molecule has 6 nitrogen and oxygen atoms in total. The van der Waals surface area contributed by atoms with Crippen LogP contribution >= 0.6 is 12.2 Å². The quantitative estimate of drug-likeness (QED) is 0.625. The fraction of sp³-hybridized carbons (Fsp3) is 0.556. The molecule has 0 radical (unpaired) electrons. The first-order chi connectivity index (χ1) is 8.04. The third-order valence-electron chi connectivity index (χ3n) is 2.59. The van der Waals surface area contributed by atoms with Gasteiger partial charge in [0.2, 0.25) is 0 Å². The van der Waals surface area contributed by atoms with Crippen LogP contribution in [0.25, 0.3) is 0 Å². The number of nitrogens with zero attached hydrogens (tertiary/aromatic N) is 1. The Labute approximate surface area is 100 Å². The van der Waals surface area contributed by atoms with E-state index < -0.39 is 36.8 Å². The zero-order chi connectivity index (χ0) is 12.6. The summed E-state index contributed by atoms with van der Waals surface area (Å²) in [5, 5.41) is 18.5. The second kappa shape index (κ2) is 4.65. The van der Waals surface area contributed by atoms with Gasteiger partial charge in [0.15, 0.2) is 17.2 Å². The van der Waals surface area contributed by atoms with Gasteiger partial charge in [0, 0.05) is 12.3 Å². The average molecular weight is 262 g/mol. The Bertz CT molecular complexity index is 516. The molecule has 1 aliphatic heterocycles. The summed E-state index contributed by atoms with van der Waals surface area (Å²) in [5.41, 5.74) is -0.394. The fourth-order valence-corrected chi connectivity index (χ4v) is 1.98. The molecule has 0 aromatic carbocycles. The Morgan fingerprint density at radius 2 is 2.35 bits per heavy atom. The van der Waals surface area contributed by atoms with Crippen LogP contribution in [0.5, 0.6) is 0 Å². The third kappa shape index (κ3) is 2.16. The van der Waals surface area contributed by atoms with Crippen LogP contribution in [0.3, 0.4) is 0 Å². The minimum Gasteiger partial charge on any atom is -0.394 e. The summed E-state index contributed by atoms with van der Waals surface area (Å²) in [6, 6.07) is 1.19. The Morgan fingerprint density at radius 1 is 1.65 bits per heavy atom. The van der Waals surface area contributed by atoms with Crippen LogP contribution in [0.1, 0.15) is 6.23 Å². The van der Waals surface area contributed by atoms with Gasteiger partial charge < -0.3 is 14.9 Å². The van der Waals surface area contributed by atoms with Crippen molar-refractivity contribution in [2.45, 2.75) is 24.6 Å². The zero-order valence-corrected chi connectivity index (χ0v) is 9.43. The van der Waals surface area contributed by atoms with Crippen molar-refractivity contribution >= 4 is 12.2 Å². The highest BCUT2D eigenvalue weighted by atomic mass is 32.1. The van der Waals surface area contributed by atoms with Gasteiger partial charge in [0.25, 0.3) is 5.56 Å². The van der Waals surface area contributed by atoms with E-state index in [9.17, 15) is 14.3 Å². The lowest BCUT2D eigenvalue weighted by molar-refractivity contribution is -0.0528. The molecular weight excluding hydrogens is 251 g/mol. The van der Waals surface area contributed by atoms with E-state index in [1.165, 1.54) is 16.8 Å². The van der Waals surface area contributed by atoms with Crippen LogP contribution in [-0.2, 0) is 4.74 Å². The lowest BCUT2D eigenvalue weighted by Crippen LogP contribution is -2.30. The Kier molecular flexibility index (Phi) is 3.38. The second-order valence-corrected chi connectivity index (χ2v) is 4.09. The van der Waals surface area contributed by atoms with E-state index in [0.717, 1.165) is 0 Å². The Balaban J connectivity index is 2.35. The van der Waals surface area contributed by atoms with Gasteiger partial charge in [0.05, 0.1) is 6.61 Å². The van der Waals surface area contributed by atoms with Crippen molar-refractivity contribution in [1.29, 1.82) is 0 Å². The van der Waals surface area contributed by atoms with Crippen LogP contribution < -0.4 is 5.56 Å². The van der Waals surface area contributed by atoms with Gasteiger partial charge >= 0.3 is 0 Å². The van der Waals surface area contributed by atoms with E-state index >= 15 is 0 Å². The molecule has 17 heavy (non-hydrogen) atoms. The van der Waals surface area contributed by atoms with E-state index in [-0.39, 0.29) is 4.77 Å². The molecule has 1 aliphatic rings. The molecule has 2 heterocycles. The predicted molar refractivity (Wildman–Crippen MR) is 57.8 cm³/mol. The van der Waals surface area contributed by atoms with Crippen molar-refractivity contribution in [3.63, 3.8) is 0 Å². The summed E-state index contributed by atoms with van der Waals surface area (Å²) in [7, 11) is 0. The smallest absolute Gasteiger partial charge is 0.251 e. The number of ether oxygens (including phenoxy) is 1. The number of alkyl halides is 1. The molecule has 1 aromatic rings. The topological polar surface area (TPSA) is 87.5 Å². The van der Waals surface area contributed by atoms with Gasteiger partial charge in [-0.1, -0.05) is 0 Å². The molecule has 0 unspecified atom stereocenters. The van der Waals surface area contributed by atoms with Crippen molar-refractivity contribution in [2.75, 3.05) is 6.61 Å². The number of hydrogen-bond donors (Lipinski definition) is 3. The number of halogens is 1. The number of hydrogen-bond acceptors (Lipinski definition) is 5. The van der Waals surface area contributed by atoms with Crippen LogP contribution in [-0.4, -0.2) is 44.8 Å². The highest BCUT2D eigenvalue weighted by Crippen LogP contribution is 2.30. The maximum absolute atomic E-state index is 13.5. The van der Waals surface area contributed by atoms with Gasteiger partial charge in [-0.25, -0.2) is 4.39 Å². The first kappa shape index (κ1) is 12.4. The van der Waals surface area contributed by atoms with Gasteiger partial charge in [0.1, 0.15) is 12.2 Å². The number of aromatic nitrogens is 2. The molecule has 8 heteroatoms. The molecule has 2 rings (SSSR count). The van der Waals surface area contributed by atoms with E-state index in [1.54, 1.807) is 0 Å². The van der Waals surface area contributed by atoms with Crippen molar-refractivity contribution < 1.29 is 19.3 Å². The number of nitrogens with one attached hydrogen (secondary N) is 1. The molecule has 1 saturated heterocycles. The molecule has 0 amide bonds. The van der Waals surface area contributed by atoms with Gasteiger partial charge in [-0.15, -0.1) is 0 Å². The van der Waals surface area contributed by atoms with Crippen LogP contribution in [0.15, 0.2) is 17.1 Å². The van der Waals surface area contributed by atoms with Crippen LogP contribution in [0, 0.1) is 4.77 Å². The summed E-state index contributed by atoms with van der Waals surface area (Å²) in [4.78, 5) is 13.3. The Hall–Kier alpha value is -1.09. The predicted octanol–water partition coefficient (Wildman–Crippen LogP) is -0.505. The van der Waals surface area contributed by atoms with Crippen LogP contribution in [0.2, 0.25) is 0 Å². The molecule has 4 atom stereocenters. The standard InChI is InChI=1S/C9H11FN2O4S/c10-6-4(3-13)16-8(7(6)15)12-2-1-5(14)11-9(12)17/h1-2,4,6-8,13,15H,3H2,(H,11,14,17)/t4-,6-,7-,8-/m1/s1. The van der Waals surface area contributed by atoms with Crippen molar-refractivity contribution in [3.05, 3.63) is 27.4 Å². The van der Waals surface area contributed by atoms with E-state index in [1.807, 2.05) is 0 Å². The van der Waals surface area contributed by atoms with Crippen molar-refractivity contribution in [1.82, 2.24) is 9.55 Å². The number of aliphatic hydroxyl groups is 2. The van der Waals surface area contributed by atoms with Gasteiger partial charge in [-0.2, -0.15) is 0 Å². The van der Waals surface area contributed by atoms with Crippen molar-refractivity contribution in [2.24, 2.45) is 0 Å². The largest absolute Gasteiger partial charge is 0.394 e. The number of rotatable bonds is 2. The molecule has 0 aliphatic carbocycles. The number of aliphatic hydroxyl groups excluding tert-OH is 2. The highest BCUT2D eigenvalue weighted by Gasteiger charge is 2.44. The lowest BCUT2D eigenvalue weighted by atomic mass is 10.1. The SMILES string of the molecule is O=c1ccn([C@@H]2O[C@H](CO)[C@@H](F)[C@H]2O)c(=S)[nH]1. The minimum atomic E-state index is -1.70. The molecule has 1 aromatic heterocycles. The van der Waals surface area contributed by atoms with E-state index in [2.05, 4.69) is 4.98 Å². The van der Waals surface area contributed by atoms with Crippen LogP contribution in [0.4, 0.5) is 4.39 Å². The van der Waals surface area contributed by atoms with Gasteiger partial charge in [-0.3, -0.25) is 14.3 Å². The normalized spacial score (nSPS) is 32.9. The lowest BCUT2D eigenvalue weighted by Gasteiger charge is -2.17. The summed E-state index contributed by atoms with van der Waals surface area (Å²) >= 11 is 4.87. The molecule has 0 bridgehead atoms. The molecule has 0 saturated carbocycles. The minimum absolute atomic E-state index is 0.0207. The summed E-state index contributed by atoms with van der Waals surface area (Å²) in [6.07, 6.45) is -3.97. The second-order valence-electron chi connectivity index (χ2n) is 3.70. The van der Waals surface area contributed by atoms with Crippen molar-refractivity contribution in [3.8, 4) is 0 Å². The number of aromatic amines is 1. The third-order valence-corrected chi connectivity index (χ3v) is 2.91. The molecule has 94 valence electrons. The first-order valence-electron chi connectivity index (χ1n) is 4.94. The van der Waals surface area contributed by atoms with E-state index in [4.69, 9.17) is 22.1 Å². The summed E-state index contributed by atoms with van der Waals surface area (Å²) in [5.74, 6) is 0.